The maximum absolute atomic E-state index is 14.4. The van der Waals surface area contributed by atoms with Crippen molar-refractivity contribution in [3.63, 3.8) is 0 Å². The highest BCUT2D eigenvalue weighted by Crippen LogP contribution is 2.32. The first kappa shape index (κ1) is 16.8. The zero-order chi connectivity index (χ0) is 18.4. The smallest absolute Gasteiger partial charge is 0.357 e. The van der Waals surface area contributed by atoms with Crippen molar-refractivity contribution in [2.24, 2.45) is 4.99 Å². The van der Waals surface area contributed by atoms with Crippen molar-refractivity contribution in [3.8, 4) is 5.69 Å². The molecule has 0 radical (unpaired) electrons. The van der Waals surface area contributed by atoms with Crippen LogP contribution in [0.1, 0.15) is 27.4 Å². The Balaban J connectivity index is 2.02. The van der Waals surface area contributed by atoms with E-state index in [-0.39, 0.29) is 17.4 Å². The van der Waals surface area contributed by atoms with E-state index in [1.165, 1.54) is 10.6 Å². The van der Waals surface area contributed by atoms with Crippen molar-refractivity contribution in [1.29, 1.82) is 0 Å². The van der Waals surface area contributed by atoms with Gasteiger partial charge in [0.15, 0.2) is 5.69 Å². The predicted octanol–water partition coefficient (Wildman–Crippen LogP) is 4.37. The van der Waals surface area contributed by atoms with E-state index in [4.69, 9.17) is 23.2 Å². The minimum atomic E-state index is -1.23. The molecule has 3 aromatic rings. The highest BCUT2D eigenvalue weighted by Gasteiger charge is 2.27. The van der Waals surface area contributed by atoms with E-state index in [2.05, 4.69) is 9.98 Å². The molecule has 0 amide bonds. The van der Waals surface area contributed by atoms with Crippen molar-refractivity contribution in [1.82, 2.24) is 9.55 Å². The lowest BCUT2D eigenvalue weighted by Gasteiger charge is -2.13. The number of fused-ring (bicyclic) bond motifs is 3. The van der Waals surface area contributed by atoms with Crippen molar-refractivity contribution in [3.05, 3.63) is 81.1 Å². The molecule has 130 valence electrons. The van der Waals surface area contributed by atoms with Gasteiger partial charge in [-0.15, -0.1) is 0 Å². The van der Waals surface area contributed by atoms with Crippen LogP contribution in [0, 0.1) is 5.82 Å². The van der Waals surface area contributed by atoms with Crippen molar-refractivity contribution in [2.45, 2.75) is 6.54 Å². The van der Waals surface area contributed by atoms with Gasteiger partial charge in [-0.3, -0.25) is 9.56 Å². The zero-order valence-electron chi connectivity index (χ0n) is 13.1. The fourth-order valence-electron chi connectivity index (χ4n) is 2.94. The number of hydrogen-bond donors (Lipinski definition) is 1. The SMILES string of the molecule is O=C(O)c1nc2n(c1Cl)-c1ccc(Cl)cc1C(c1ccccc1F)=NC2. The summed E-state index contributed by atoms with van der Waals surface area (Å²) in [6.45, 7) is 0.0446. The van der Waals surface area contributed by atoms with Crippen LogP contribution >= 0.6 is 23.2 Å². The van der Waals surface area contributed by atoms with E-state index in [1.54, 1.807) is 36.4 Å². The van der Waals surface area contributed by atoms with Gasteiger partial charge in [-0.05, 0) is 30.3 Å². The van der Waals surface area contributed by atoms with Gasteiger partial charge < -0.3 is 5.11 Å². The van der Waals surface area contributed by atoms with Crippen LogP contribution in [0.3, 0.4) is 0 Å². The lowest BCUT2D eigenvalue weighted by molar-refractivity contribution is 0.0691. The molecule has 0 saturated heterocycles. The van der Waals surface area contributed by atoms with Gasteiger partial charge in [0.2, 0.25) is 0 Å². The third-order valence-corrected chi connectivity index (χ3v) is 4.64. The summed E-state index contributed by atoms with van der Waals surface area (Å²) in [7, 11) is 0. The monoisotopic (exact) mass is 389 g/mol. The Morgan fingerprint density at radius 2 is 1.92 bits per heavy atom. The summed E-state index contributed by atoms with van der Waals surface area (Å²) in [6.07, 6.45) is 0. The van der Waals surface area contributed by atoms with Gasteiger partial charge in [0.25, 0.3) is 0 Å². The molecule has 26 heavy (non-hydrogen) atoms. The molecule has 1 aliphatic heterocycles. The summed E-state index contributed by atoms with van der Waals surface area (Å²) >= 11 is 12.4. The highest BCUT2D eigenvalue weighted by molar-refractivity contribution is 6.33. The number of aromatic nitrogens is 2. The molecule has 0 fully saturated rings. The molecule has 8 heteroatoms. The number of carbonyl (C=O) groups is 1. The Bertz CT molecular complexity index is 1090. The van der Waals surface area contributed by atoms with Gasteiger partial charge in [-0.2, -0.15) is 0 Å². The Morgan fingerprint density at radius 3 is 2.65 bits per heavy atom. The topological polar surface area (TPSA) is 67.5 Å². The fourth-order valence-corrected chi connectivity index (χ4v) is 3.43. The van der Waals surface area contributed by atoms with E-state index in [0.29, 0.717) is 33.4 Å². The molecule has 0 aliphatic carbocycles. The molecule has 0 atom stereocenters. The number of nitrogens with zero attached hydrogens (tertiary/aromatic N) is 3. The van der Waals surface area contributed by atoms with E-state index in [0.717, 1.165) is 0 Å². The Morgan fingerprint density at radius 1 is 1.15 bits per heavy atom. The maximum atomic E-state index is 14.4. The van der Waals surface area contributed by atoms with Gasteiger partial charge in [-0.25, -0.2) is 14.2 Å². The van der Waals surface area contributed by atoms with Crippen LogP contribution in [0.15, 0.2) is 47.5 Å². The minimum absolute atomic E-state index is 0.0407. The Hall–Kier alpha value is -2.70. The lowest BCUT2D eigenvalue weighted by atomic mass is 10.00. The third-order valence-electron chi connectivity index (χ3n) is 4.06. The average Bonchev–Trinajstić information content (AvgIpc) is 2.85. The summed E-state index contributed by atoms with van der Waals surface area (Å²) in [4.78, 5) is 19.9. The first-order chi connectivity index (χ1) is 12.5. The van der Waals surface area contributed by atoms with Crippen LogP contribution in [0.25, 0.3) is 5.69 Å². The lowest BCUT2D eigenvalue weighted by Crippen LogP contribution is -2.09. The summed E-state index contributed by atoms with van der Waals surface area (Å²) in [5.74, 6) is -1.30. The van der Waals surface area contributed by atoms with Crippen LogP contribution in [0.5, 0.6) is 0 Å². The molecular formula is C18H10Cl2FN3O2. The van der Waals surface area contributed by atoms with Crippen molar-refractivity contribution in [2.75, 3.05) is 0 Å². The quantitative estimate of drug-likeness (QED) is 0.707. The van der Waals surface area contributed by atoms with Gasteiger partial charge in [-0.1, -0.05) is 35.3 Å². The van der Waals surface area contributed by atoms with Crippen LogP contribution in [0.4, 0.5) is 4.39 Å². The molecule has 5 nitrogen and oxygen atoms in total. The van der Waals surface area contributed by atoms with Gasteiger partial charge in [0.05, 0.1) is 17.9 Å². The van der Waals surface area contributed by atoms with Gasteiger partial charge in [0.1, 0.15) is 16.8 Å². The summed E-state index contributed by atoms with van der Waals surface area (Å²) in [6, 6.07) is 11.2. The van der Waals surface area contributed by atoms with Crippen LogP contribution in [-0.2, 0) is 6.54 Å². The van der Waals surface area contributed by atoms with Crippen LogP contribution in [-0.4, -0.2) is 26.3 Å². The van der Waals surface area contributed by atoms with Gasteiger partial charge in [0, 0.05) is 16.1 Å². The molecule has 0 spiro atoms. The number of benzene rings is 2. The highest BCUT2D eigenvalue weighted by atomic mass is 35.5. The number of hydrogen-bond acceptors (Lipinski definition) is 3. The summed E-state index contributed by atoms with van der Waals surface area (Å²) in [5.41, 5.74) is 1.54. The number of halogens is 3. The van der Waals surface area contributed by atoms with Gasteiger partial charge >= 0.3 is 5.97 Å². The van der Waals surface area contributed by atoms with E-state index >= 15 is 0 Å². The largest absolute Gasteiger partial charge is 0.476 e. The molecule has 2 heterocycles. The van der Waals surface area contributed by atoms with Crippen molar-refractivity contribution < 1.29 is 14.3 Å². The molecule has 0 saturated carbocycles. The van der Waals surface area contributed by atoms with Crippen molar-refractivity contribution >= 4 is 34.9 Å². The average molecular weight is 390 g/mol. The molecule has 2 aromatic carbocycles. The number of imidazole rings is 1. The fraction of sp³-hybridized carbons (Fsp3) is 0.0556. The Kier molecular flexibility index (Phi) is 4.01. The Labute approximate surface area is 157 Å². The molecule has 0 unspecified atom stereocenters. The molecule has 4 rings (SSSR count). The number of aliphatic imine (C=N–C) groups is 1. The molecule has 0 bridgehead atoms. The first-order valence-electron chi connectivity index (χ1n) is 7.57. The normalized spacial score (nSPS) is 12.8. The summed E-state index contributed by atoms with van der Waals surface area (Å²) in [5, 5.41) is 9.67. The number of rotatable bonds is 2. The van der Waals surface area contributed by atoms with E-state index in [1.807, 2.05) is 0 Å². The first-order valence-corrected chi connectivity index (χ1v) is 8.33. The molecule has 1 aromatic heterocycles. The second-order valence-electron chi connectivity index (χ2n) is 5.61. The third kappa shape index (κ3) is 2.58. The number of aromatic carboxylic acids is 1. The maximum Gasteiger partial charge on any atom is 0.357 e. The van der Waals surface area contributed by atoms with E-state index < -0.39 is 11.8 Å². The summed E-state index contributed by atoms with van der Waals surface area (Å²) < 4.78 is 15.9. The standard InChI is InChI=1S/C18H10Cl2FN3O2/c19-9-5-6-13-11(7-9)15(10-3-1-2-4-12(10)21)22-8-14-23-16(18(25)26)17(20)24(13)14/h1-7H,8H2,(H,25,26). The molecule has 1 aliphatic rings. The van der Waals surface area contributed by atoms with Crippen LogP contribution in [0.2, 0.25) is 10.2 Å². The molecular weight excluding hydrogens is 380 g/mol. The minimum Gasteiger partial charge on any atom is -0.476 e. The zero-order valence-corrected chi connectivity index (χ0v) is 14.6. The van der Waals surface area contributed by atoms with Crippen LogP contribution < -0.4 is 0 Å². The molecule has 1 N–H and O–H groups in total. The number of carboxylic acid groups (broad SMARTS) is 1. The predicted molar refractivity (Wildman–Crippen MR) is 96.3 cm³/mol. The second-order valence-corrected chi connectivity index (χ2v) is 6.41. The second kappa shape index (κ2) is 6.23. The number of carboxylic acids is 1. The van der Waals surface area contributed by atoms with E-state index in [9.17, 15) is 14.3 Å².